The third-order valence-electron chi connectivity index (χ3n) is 9.37. The van der Waals surface area contributed by atoms with Gasteiger partial charge in [0, 0.05) is 57.9 Å². The van der Waals surface area contributed by atoms with Gasteiger partial charge in [0.05, 0.1) is 58.6 Å². The van der Waals surface area contributed by atoms with Gasteiger partial charge in [-0.1, -0.05) is 26.0 Å². The van der Waals surface area contributed by atoms with Crippen LogP contribution < -0.4 is 43.0 Å². The predicted octanol–water partition coefficient (Wildman–Crippen LogP) is -1.03. The van der Waals surface area contributed by atoms with Gasteiger partial charge in [0.15, 0.2) is 0 Å². The normalized spacial score (nSPS) is 12.4. The van der Waals surface area contributed by atoms with Crippen molar-refractivity contribution in [2.24, 2.45) is 11.7 Å². The summed E-state index contributed by atoms with van der Waals surface area (Å²) in [6, 6.07) is 1.80. The first-order valence-electron chi connectivity index (χ1n) is 22.4. The Morgan fingerprint density at radius 3 is 1.74 bits per heavy atom. The minimum atomic E-state index is -4.37. The van der Waals surface area contributed by atoms with Crippen molar-refractivity contribution in [1.29, 1.82) is 0 Å². The first kappa shape index (κ1) is 61.2. The van der Waals surface area contributed by atoms with Crippen LogP contribution in [0.2, 0.25) is 0 Å². The smallest absolute Gasteiger partial charge is 0.312 e. The van der Waals surface area contributed by atoms with Crippen LogP contribution in [0.5, 0.6) is 0 Å². The fraction of sp³-hybridized carbons (Fsp3) is 0.651. The number of hydrogen-bond acceptors (Lipinski definition) is 16. The number of esters is 1. The molecule has 0 heterocycles. The van der Waals surface area contributed by atoms with Gasteiger partial charge in [0.2, 0.25) is 35.4 Å². The van der Waals surface area contributed by atoms with Crippen LogP contribution >= 0.6 is 0 Å². The number of carbonyl (C=O) groups excluding carboxylic acids is 9. The van der Waals surface area contributed by atoms with E-state index < -0.39 is 88.0 Å². The number of nitrogens with two attached hydrogens (primary N) is 1. The molecule has 10 N–H and O–H groups in total. The number of benzene rings is 1. The van der Waals surface area contributed by atoms with Crippen LogP contribution in [-0.2, 0) is 78.8 Å². The molecule has 0 aliphatic heterocycles. The lowest BCUT2D eigenvalue weighted by molar-refractivity contribution is -0.142. The Morgan fingerprint density at radius 1 is 0.609 bits per heavy atom. The molecule has 0 unspecified atom stereocenters. The Hall–Kier alpha value is -5.80. The zero-order valence-electron chi connectivity index (χ0n) is 39.7. The second kappa shape index (κ2) is 35.3. The highest BCUT2D eigenvalue weighted by Crippen LogP contribution is 2.13. The fourth-order valence-corrected chi connectivity index (χ4v) is 6.08. The van der Waals surface area contributed by atoms with Gasteiger partial charge in [-0.3, -0.25) is 38.1 Å². The third-order valence-corrected chi connectivity index (χ3v) is 10.1. The van der Waals surface area contributed by atoms with E-state index in [1.54, 1.807) is 38.1 Å². The van der Waals surface area contributed by atoms with E-state index in [0.29, 0.717) is 31.0 Å². The molecule has 0 aliphatic rings. The van der Waals surface area contributed by atoms with E-state index in [-0.39, 0.29) is 109 Å². The molecule has 1 rings (SSSR count). The van der Waals surface area contributed by atoms with Crippen LogP contribution in [0.25, 0.3) is 0 Å². The summed E-state index contributed by atoms with van der Waals surface area (Å²) in [6.07, 6.45) is -0.295. The lowest BCUT2D eigenvalue weighted by Crippen LogP contribution is -2.58. The number of rotatable bonds is 38. The number of carbonyl (C=O) groups is 9. The highest BCUT2D eigenvalue weighted by atomic mass is 32.2. The molecular weight excluding hydrogens is 933 g/mol. The van der Waals surface area contributed by atoms with Crippen LogP contribution in [0, 0.1) is 5.92 Å². The molecule has 1 aromatic carbocycles. The molecule has 0 bridgehead atoms. The number of primary amides is 1. The fourth-order valence-electron chi connectivity index (χ4n) is 5.72. The molecule has 3 atom stereocenters. The number of ether oxygens (including phenoxy) is 5. The second-order valence-corrected chi connectivity index (χ2v) is 17.3. The molecule has 0 saturated carbocycles. The van der Waals surface area contributed by atoms with Gasteiger partial charge in [-0.05, 0) is 49.8 Å². The lowest BCUT2D eigenvalue weighted by atomic mass is 10.0. The monoisotopic (exact) mass is 1000 g/mol. The van der Waals surface area contributed by atoms with Gasteiger partial charge in [-0.2, -0.15) is 8.42 Å². The average molecular weight is 1000 g/mol. The van der Waals surface area contributed by atoms with Crippen molar-refractivity contribution in [1.82, 2.24) is 31.9 Å². The summed E-state index contributed by atoms with van der Waals surface area (Å²) >= 11 is 0. The highest BCUT2D eigenvalue weighted by Gasteiger charge is 2.32. The Morgan fingerprint density at radius 2 is 1.17 bits per heavy atom. The molecule has 0 radical (unpaired) electrons. The number of ketones is 1. The van der Waals surface area contributed by atoms with Crippen LogP contribution in [0.3, 0.4) is 0 Å². The molecule has 0 fully saturated rings. The summed E-state index contributed by atoms with van der Waals surface area (Å²) in [5.41, 5.74) is 6.18. The minimum absolute atomic E-state index is 0.0214. The number of hydrogen-bond donors (Lipinski definition) is 9. The largest absolute Gasteiger partial charge is 0.461 e. The summed E-state index contributed by atoms with van der Waals surface area (Å²) in [5, 5.41) is 17.9. The molecule has 0 saturated heterocycles. The Balaban J connectivity index is 2.81. The van der Waals surface area contributed by atoms with Crippen molar-refractivity contribution in [2.75, 3.05) is 83.6 Å². The van der Waals surface area contributed by atoms with Gasteiger partial charge >= 0.3 is 12.0 Å². The molecule has 0 aromatic heterocycles. The van der Waals surface area contributed by atoms with Gasteiger partial charge in [-0.15, -0.1) is 0 Å². The van der Waals surface area contributed by atoms with Crippen molar-refractivity contribution >= 4 is 69.0 Å². The van der Waals surface area contributed by atoms with Gasteiger partial charge in [0.25, 0.3) is 10.1 Å². The zero-order chi connectivity index (χ0) is 51.6. The first-order chi connectivity index (χ1) is 32.7. The van der Waals surface area contributed by atoms with E-state index in [1.807, 2.05) is 0 Å². The Labute approximate surface area is 402 Å². The van der Waals surface area contributed by atoms with Crippen molar-refractivity contribution in [3.63, 3.8) is 0 Å². The summed E-state index contributed by atoms with van der Waals surface area (Å²) < 4.78 is 57.9. The molecule has 1 aromatic rings. The summed E-state index contributed by atoms with van der Waals surface area (Å²) in [4.78, 5) is 112. The van der Waals surface area contributed by atoms with E-state index in [2.05, 4.69) is 37.2 Å². The lowest BCUT2D eigenvalue weighted by Gasteiger charge is -2.27. The van der Waals surface area contributed by atoms with Crippen LogP contribution in [0.1, 0.15) is 78.2 Å². The number of nitrogens with one attached hydrogen (secondary N) is 7. The quantitative estimate of drug-likeness (QED) is 0.0217. The SMILES string of the molecule is CC(=O)CCC(=O)NCCOCCOCCOCCOCCC(=O)N[C@H](CCC(=O)NCCS(=O)(=O)O)C(=O)N[C@H](C(=O)N[C@@H](CCCNC(N)=O)C(=O)Nc1ccc(COC(C)=O)cc1)C(C)C. The van der Waals surface area contributed by atoms with Gasteiger partial charge in [0.1, 0.15) is 30.5 Å². The number of amides is 8. The second-order valence-electron chi connectivity index (χ2n) is 15.7. The molecular formula is C43H70N8O17S. The minimum Gasteiger partial charge on any atom is -0.461 e. The van der Waals surface area contributed by atoms with E-state index >= 15 is 0 Å². The topological polar surface area (TPSA) is 364 Å². The number of urea groups is 1. The maximum Gasteiger partial charge on any atom is 0.312 e. The molecule has 0 aliphatic carbocycles. The molecule has 0 spiro atoms. The summed E-state index contributed by atoms with van der Waals surface area (Å²) in [5.74, 6) is -5.63. The van der Waals surface area contributed by atoms with Gasteiger partial charge in [-0.25, -0.2) is 4.79 Å². The van der Waals surface area contributed by atoms with E-state index in [4.69, 9.17) is 34.0 Å². The van der Waals surface area contributed by atoms with E-state index in [9.17, 15) is 51.6 Å². The van der Waals surface area contributed by atoms with Crippen LogP contribution in [-0.4, -0.2) is 163 Å². The highest BCUT2D eigenvalue weighted by molar-refractivity contribution is 7.85. The zero-order valence-corrected chi connectivity index (χ0v) is 40.5. The van der Waals surface area contributed by atoms with E-state index in [1.165, 1.54) is 13.8 Å². The molecule has 69 heavy (non-hydrogen) atoms. The summed E-state index contributed by atoms with van der Waals surface area (Å²) in [7, 11) is -4.37. The van der Waals surface area contributed by atoms with Crippen LogP contribution in [0.15, 0.2) is 24.3 Å². The summed E-state index contributed by atoms with van der Waals surface area (Å²) in [6.45, 7) is 7.61. The van der Waals surface area contributed by atoms with Crippen molar-refractivity contribution in [2.45, 2.75) is 97.4 Å². The number of anilines is 1. The molecule has 8 amide bonds. The number of Topliss-reactive ketones (excluding diaryl/α,β-unsaturated/α-hetero) is 1. The maximum atomic E-state index is 13.8. The average Bonchev–Trinajstić information content (AvgIpc) is 3.27. The predicted molar refractivity (Wildman–Crippen MR) is 247 cm³/mol. The van der Waals surface area contributed by atoms with Crippen molar-refractivity contribution in [3.8, 4) is 0 Å². The van der Waals surface area contributed by atoms with E-state index in [0.717, 1.165) is 0 Å². The van der Waals surface area contributed by atoms with Crippen molar-refractivity contribution in [3.05, 3.63) is 29.8 Å². The molecule has 25 nitrogen and oxygen atoms in total. The third kappa shape index (κ3) is 32.6. The molecule has 390 valence electrons. The standard InChI is InChI=1S/C43H70N8O17S/c1-29(2)39(42(59)50-34(6-5-16-47-43(44)60)40(57)48-33-10-8-32(9-11-33)28-68-31(4)53)51-41(58)35(12-14-37(55)46-18-27-69(61,62)63)49-38(56)15-19-64-21-23-66-25-26-67-24-22-65-20-17-45-36(54)13-7-30(3)52/h8-11,29,34-35,39H,5-7,12-28H2,1-4H3,(H,45,54)(H,46,55)(H,48,57)(H,49,56)(H,50,59)(H,51,58)(H3,44,47,60)(H,61,62,63)/t34-,35+,39-/m0/s1. The van der Waals surface area contributed by atoms with Crippen molar-refractivity contribution < 1.29 is 79.8 Å². The first-order valence-corrected chi connectivity index (χ1v) is 24.0. The maximum absolute atomic E-state index is 13.8. The van der Waals surface area contributed by atoms with Gasteiger partial charge < -0.3 is 71.4 Å². The Bertz CT molecular complexity index is 1900. The molecule has 26 heteroatoms. The Kier molecular flexibility index (Phi) is 31.3. The van der Waals surface area contributed by atoms with Crippen LogP contribution in [0.4, 0.5) is 10.5 Å².